The van der Waals surface area contributed by atoms with Gasteiger partial charge in [0.15, 0.2) is 6.10 Å². The molecule has 0 radical (unpaired) electrons. The first-order valence-corrected chi connectivity index (χ1v) is 8.56. The largest absolute Gasteiger partial charge is 0.439 e. The number of alkyl carbamates (subject to hydrolysis) is 1. The zero-order valence-corrected chi connectivity index (χ0v) is 14.5. The van der Waals surface area contributed by atoms with E-state index in [2.05, 4.69) is 22.1 Å². The fraction of sp³-hybridized carbons (Fsp3) is 0.0909. The first kappa shape index (κ1) is 17.7. The highest BCUT2D eigenvalue weighted by Gasteiger charge is 2.39. The van der Waals surface area contributed by atoms with E-state index in [4.69, 9.17) is 4.74 Å². The summed E-state index contributed by atoms with van der Waals surface area (Å²) in [6, 6.07) is 15.8. The Morgan fingerprint density at radius 3 is 2.43 bits per heavy atom. The summed E-state index contributed by atoms with van der Waals surface area (Å²) in [5.41, 5.74) is 1.51. The molecule has 1 aliphatic heterocycles. The summed E-state index contributed by atoms with van der Waals surface area (Å²) in [4.78, 5) is 15.5. The number of cyclic esters (lactones) is 1. The van der Waals surface area contributed by atoms with Gasteiger partial charge >= 0.3 is 6.09 Å². The Balaban J connectivity index is 1.71. The van der Waals surface area contributed by atoms with Gasteiger partial charge in [-0.2, -0.15) is 4.39 Å². The minimum atomic E-state index is -1.01. The molecular formula is C22H14F2N2O2. The second kappa shape index (κ2) is 7.49. The summed E-state index contributed by atoms with van der Waals surface area (Å²) in [5, 5.41) is 2.53. The zero-order valence-electron chi connectivity index (χ0n) is 14.5. The normalized spacial score (nSPS) is 18.0. The number of amides is 1. The van der Waals surface area contributed by atoms with Crippen molar-refractivity contribution in [3.63, 3.8) is 0 Å². The Morgan fingerprint density at radius 2 is 1.64 bits per heavy atom. The molecule has 1 aromatic heterocycles. The van der Waals surface area contributed by atoms with Crippen molar-refractivity contribution in [2.24, 2.45) is 0 Å². The molecular weight excluding hydrogens is 362 g/mol. The van der Waals surface area contributed by atoms with Crippen molar-refractivity contribution in [2.75, 3.05) is 0 Å². The number of halogens is 2. The summed E-state index contributed by atoms with van der Waals surface area (Å²) in [5.74, 6) is 4.58. The number of hydrogen-bond acceptors (Lipinski definition) is 3. The molecule has 0 saturated carbocycles. The molecule has 1 fully saturated rings. The van der Waals surface area contributed by atoms with Gasteiger partial charge in [0.1, 0.15) is 11.9 Å². The second-order valence-electron chi connectivity index (χ2n) is 6.19. The molecule has 2 heterocycles. The maximum absolute atomic E-state index is 14.4. The van der Waals surface area contributed by atoms with Crippen LogP contribution in [0, 0.1) is 23.6 Å². The van der Waals surface area contributed by atoms with Crippen molar-refractivity contribution in [1.29, 1.82) is 0 Å². The van der Waals surface area contributed by atoms with E-state index in [1.165, 1.54) is 30.5 Å². The maximum Gasteiger partial charge on any atom is 0.408 e. The third-order valence-corrected chi connectivity index (χ3v) is 4.35. The smallest absolute Gasteiger partial charge is 0.408 e. The number of hydrogen-bond donors (Lipinski definition) is 1. The van der Waals surface area contributed by atoms with Gasteiger partial charge in [0.05, 0.1) is 0 Å². The summed E-state index contributed by atoms with van der Waals surface area (Å²) in [6.45, 7) is 0. The lowest BCUT2D eigenvalue weighted by Crippen LogP contribution is -2.21. The lowest BCUT2D eigenvalue weighted by atomic mass is 9.96. The van der Waals surface area contributed by atoms with Gasteiger partial charge in [-0.15, -0.1) is 0 Å². The van der Waals surface area contributed by atoms with Gasteiger partial charge in [-0.1, -0.05) is 48.2 Å². The van der Waals surface area contributed by atoms with Crippen LogP contribution in [0.25, 0.3) is 0 Å². The molecule has 6 heteroatoms. The van der Waals surface area contributed by atoms with Crippen molar-refractivity contribution in [1.82, 2.24) is 10.3 Å². The van der Waals surface area contributed by atoms with Gasteiger partial charge in [-0.05, 0) is 24.3 Å². The van der Waals surface area contributed by atoms with Crippen LogP contribution in [0.5, 0.6) is 0 Å². The van der Waals surface area contributed by atoms with E-state index in [1.807, 2.05) is 30.3 Å². The van der Waals surface area contributed by atoms with Crippen LogP contribution in [-0.2, 0) is 4.74 Å². The third-order valence-electron chi connectivity index (χ3n) is 4.35. The van der Waals surface area contributed by atoms with Crippen LogP contribution in [0.4, 0.5) is 13.6 Å². The number of nitrogens with one attached hydrogen (secondary N) is 1. The number of rotatable bonds is 2. The molecule has 138 valence electrons. The first-order chi connectivity index (χ1) is 13.6. The molecule has 4 nitrogen and oxygen atoms in total. The van der Waals surface area contributed by atoms with Crippen LogP contribution in [0.3, 0.4) is 0 Å². The quantitative estimate of drug-likeness (QED) is 0.536. The van der Waals surface area contributed by atoms with Crippen LogP contribution >= 0.6 is 0 Å². The Labute approximate surface area is 160 Å². The number of aromatic nitrogens is 1. The standard InChI is InChI=1S/C22H14F2N2O2/c23-18-9-5-4-8-16(18)20-19(26-22(27)28-20)17-12-15(13-25-21(17)24)11-10-14-6-2-1-3-7-14/h1-9,12-13,19-20H,(H,26,27)/t19-,20-/m1/s1. The summed E-state index contributed by atoms with van der Waals surface area (Å²) < 4.78 is 33.8. The monoisotopic (exact) mass is 376 g/mol. The second-order valence-corrected chi connectivity index (χ2v) is 6.19. The van der Waals surface area contributed by atoms with E-state index >= 15 is 0 Å². The summed E-state index contributed by atoms with van der Waals surface area (Å²) >= 11 is 0. The average molecular weight is 376 g/mol. The lowest BCUT2D eigenvalue weighted by Gasteiger charge is -2.18. The minimum Gasteiger partial charge on any atom is -0.439 e. The fourth-order valence-electron chi connectivity index (χ4n) is 3.03. The van der Waals surface area contributed by atoms with E-state index in [-0.39, 0.29) is 11.1 Å². The topological polar surface area (TPSA) is 51.2 Å². The molecule has 1 aliphatic rings. The molecule has 0 unspecified atom stereocenters. The van der Waals surface area contributed by atoms with Gasteiger partial charge in [-0.25, -0.2) is 14.2 Å². The van der Waals surface area contributed by atoms with Crippen molar-refractivity contribution < 1.29 is 18.3 Å². The molecule has 1 saturated heterocycles. The van der Waals surface area contributed by atoms with Gasteiger partial charge in [0.2, 0.25) is 5.95 Å². The predicted molar refractivity (Wildman–Crippen MR) is 98.1 cm³/mol. The third kappa shape index (κ3) is 3.55. The van der Waals surface area contributed by atoms with Crippen molar-refractivity contribution in [3.05, 3.63) is 101 Å². The molecule has 0 aliphatic carbocycles. The maximum atomic E-state index is 14.4. The molecule has 1 amide bonds. The lowest BCUT2D eigenvalue weighted by molar-refractivity contribution is 0.129. The number of ether oxygens (including phenoxy) is 1. The highest BCUT2D eigenvalue weighted by atomic mass is 19.1. The molecule has 0 spiro atoms. The number of carbonyl (C=O) groups excluding carboxylic acids is 1. The van der Waals surface area contributed by atoms with E-state index in [1.54, 1.807) is 6.07 Å². The van der Waals surface area contributed by atoms with E-state index in [0.717, 1.165) is 5.56 Å². The average Bonchev–Trinajstić information content (AvgIpc) is 3.09. The molecule has 28 heavy (non-hydrogen) atoms. The predicted octanol–water partition coefficient (Wildman–Crippen LogP) is 4.28. The van der Waals surface area contributed by atoms with Gasteiger partial charge < -0.3 is 10.1 Å². The number of carbonyl (C=O) groups is 1. The van der Waals surface area contributed by atoms with Crippen molar-refractivity contribution >= 4 is 6.09 Å². The Hall–Kier alpha value is -3.72. The molecule has 1 N–H and O–H groups in total. The van der Waals surface area contributed by atoms with E-state index < -0.39 is 30.0 Å². The van der Waals surface area contributed by atoms with E-state index in [9.17, 15) is 13.6 Å². The fourth-order valence-corrected chi connectivity index (χ4v) is 3.03. The van der Waals surface area contributed by atoms with Crippen molar-refractivity contribution in [3.8, 4) is 11.8 Å². The van der Waals surface area contributed by atoms with Crippen molar-refractivity contribution in [2.45, 2.75) is 12.1 Å². The molecule has 3 aromatic rings. The van der Waals surface area contributed by atoms with Gasteiger partial charge in [0.25, 0.3) is 0 Å². The molecule has 0 bridgehead atoms. The van der Waals surface area contributed by atoms with Crippen LogP contribution < -0.4 is 5.32 Å². The summed E-state index contributed by atoms with van der Waals surface area (Å²) in [6.07, 6.45) is -0.453. The number of nitrogens with zero attached hydrogens (tertiary/aromatic N) is 1. The van der Waals surface area contributed by atoms with Crippen LogP contribution in [-0.4, -0.2) is 11.1 Å². The number of benzene rings is 2. The van der Waals surface area contributed by atoms with Crippen LogP contribution in [0.15, 0.2) is 66.9 Å². The summed E-state index contributed by atoms with van der Waals surface area (Å²) in [7, 11) is 0. The minimum absolute atomic E-state index is 0.0824. The highest BCUT2D eigenvalue weighted by molar-refractivity contribution is 5.71. The number of pyridine rings is 1. The molecule has 2 atom stereocenters. The van der Waals surface area contributed by atoms with E-state index in [0.29, 0.717) is 5.56 Å². The van der Waals surface area contributed by atoms with Crippen LogP contribution in [0.1, 0.15) is 34.4 Å². The SMILES string of the molecule is O=C1N[C@H](c2cc(C#Cc3ccccc3)cnc2F)[C@@H](c2ccccc2F)O1. The van der Waals surface area contributed by atoms with Crippen LogP contribution in [0.2, 0.25) is 0 Å². The highest BCUT2D eigenvalue weighted by Crippen LogP contribution is 2.38. The first-order valence-electron chi connectivity index (χ1n) is 8.56. The van der Waals surface area contributed by atoms with Gasteiger partial charge in [0, 0.05) is 28.5 Å². The Bertz CT molecular complexity index is 1090. The molecule has 4 rings (SSSR count). The van der Waals surface area contributed by atoms with Gasteiger partial charge in [-0.3, -0.25) is 0 Å². The zero-order chi connectivity index (χ0) is 19.5. The Morgan fingerprint density at radius 1 is 0.929 bits per heavy atom. The Kier molecular flexibility index (Phi) is 4.73. The molecule has 2 aromatic carbocycles.